The first-order chi connectivity index (χ1) is 25.8. The van der Waals surface area contributed by atoms with Crippen LogP contribution in [0.5, 0.6) is 11.5 Å². The van der Waals surface area contributed by atoms with E-state index >= 15 is 0 Å². The fraction of sp³-hybridized carbons (Fsp3) is 0.513. The van der Waals surface area contributed by atoms with Gasteiger partial charge in [-0.15, -0.1) is 0 Å². The van der Waals surface area contributed by atoms with Gasteiger partial charge >= 0.3 is 6.03 Å². The summed E-state index contributed by atoms with van der Waals surface area (Å²) in [5.41, 5.74) is 0.716. The number of sulfonamides is 1. The number of carbonyl (C=O) groups is 4. The molecule has 54 heavy (non-hydrogen) atoms. The van der Waals surface area contributed by atoms with Crippen molar-refractivity contribution in [3.63, 3.8) is 0 Å². The topological polar surface area (TPSA) is 185 Å². The molecule has 3 aliphatic rings. The number of aromatic nitrogens is 1. The highest BCUT2D eigenvalue weighted by Crippen LogP contribution is 2.47. The van der Waals surface area contributed by atoms with Crippen molar-refractivity contribution in [2.75, 3.05) is 20.2 Å². The summed E-state index contributed by atoms with van der Waals surface area (Å²) < 4.78 is 39.9. The van der Waals surface area contributed by atoms with Crippen molar-refractivity contribution in [3.05, 3.63) is 54.6 Å². The molecule has 4 N–H and O–H groups in total. The first-order valence-corrected chi connectivity index (χ1v) is 20.3. The summed E-state index contributed by atoms with van der Waals surface area (Å²) in [6, 6.07) is 14.3. The molecule has 14 nitrogen and oxygen atoms in total. The van der Waals surface area contributed by atoms with E-state index in [-0.39, 0.29) is 31.2 Å². The molecular formula is C39H50N6O8S. The van der Waals surface area contributed by atoms with Crippen LogP contribution in [0.1, 0.15) is 66.2 Å². The standard InChI is InChI=1S/C39H50N6O8S/c1-6-17-40-38(49)42-34(23(3)4)36(47)45-22-27(19-32(45)35(46)43-39(21-25(39)7-2)37(48)44-54(50,51)28-14-15-28)53-33-20-30(24-11-9-8-10-12-24)41-31-18-26(52-5)13-16-29(31)33/h8-13,16,18,20,23,25,27-28,32,34H,6-7,14-15,17,19,21-22H2,1-5H3,(H,43,46)(H,44,48)(H2,40,42,49)/t25?,27-,32+,34+,39-/m1/s1. The number of carbonyl (C=O) groups excluding carboxylic acids is 4. The Morgan fingerprint density at radius 3 is 2.41 bits per heavy atom. The maximum absolute atomic E-state index is 14.4. The molecule has 2 aromatic carbocycles. The molecular weight excluding hydrogens is 713 g/mol. The Bertz CT molecular complexity index is 2010. The lowest BCUT2D eigenvalue weighted by molar-refractivity contribution is -0.141. The molecule has 1 aliphatic heterocycles. The van der Waals surface area contributed by atoms with Crippen molar-refractivity contribution < 1.29 is 37.1 Å². The fourth-order valence-corrected chi connectivity index (χ4v) is 8.49. The molecule has 15 heteroatoms. The van der Waals surface area contributed by atoms with Gasteiger partial charge < -0.3 is 30.3 Å². The molecule has 2 aliphatic carbocycles. The Balaban J connectivity index is 1.32. The minimum absolute atomic E-state index is 0.00546. The molecule has 1 aromatic heterocycles. The molecule has 5 amide bonds. The van der Waals surface area contributed by atoms with Gasteiger partial charge in [0.25, 0.3) is 5.91 Å². The number of rotatable bonds is 15. The van der Waals surface area contributed by atoms with Gasteiger partial charge in [0, 0.05) is 36.0 Å². The smallest absolute Gasteiger partial charge is 0.315 e. The van der Waals surface area contributed by atoms with E-state index in [0.29, 0.717) is 60.3 Å². The largest absolute Gasteiger partial charge is 0.497 e. The second-order valence-electron chi connectivity index (χ2n) is 14.8. The van der Waals surface area contributed by atoms with E-state index in [1.807, 2.05) is 62.4 Å². The molecule has 2 heterocycles. The van der Waals surface area contributed by atoms with Crippen molar-refractivity contribution in [1.82, 2.24) is 30.6 Å². The number of benzene rings is 2. The third kappa shape index (κ3) is 8.25. The summed E-state index contributed by atoms with van der Waals surface area (Å²) in [4.78, 5) is 61.4. The van der Waals surface area contributed by atoms with Crippen molar-refractivity contribution in [3.8, 4) is 22.8 Å². The van der Waals surface area contributed by atoms with Crippen LogP contribution in [0.3, 0.4) is 0 Å². The van der Waals surface area contributed by atoms with Crippen LogP contribution >= 0.6 is 0 Å². The van der Waals surface area contributed by atoms with Crippen LogP contribution in [0.4, 0.5) is 4.79 Å². The summed E-state index contributed by atoms with van der Waals surface area (Å²) in [5.74, 6) is -1.35. The number of hydrogen-bond acceptors (Lipinski definition) is 9. The van der Waals surface area contributed by atoms with E-state index in [9.17, 15) is 27.6 Å². The van der Waals surface area contributed by atoms with Crippen molar-refractivity contribution in [2.24, 2.45) is 11.8 Å². The van der Waals surface area contributed by atoms with E-state index in [1.165, 1.54) is 4.90 Å². The molecule has 0 spiro atoms. The molecule has 0 radical (unpaired) electrons. The quantitative estimate of drug-likeness (QED) is 0.178. The Labute approximate surface area is 316 Å². The fourth-order valence-electron chi connectivity index (χ4n) is 7.13. The highest BCUT2D eigenvalue weighted by Gasteiger charge is 2.62. The predicted molar refractivity (Wildman–Crippen MR) is 203 cm³/mol. The monoisotopic (exact) mass is 762 g/mol. The lowest BCUT2D eigenvalue weighted by atomic mass is 10.0. The van der Waals surface area contributed by atoms with Crippen LogP contribution in [-0.4, -0.2) is 91.2 Å². The average molecular weight is 763 g/mol. The molecule has 3 aromatic rings. The second kappa shape index (κ2) is 15.8. The van der Waals surface area contributed by atoms with E-state index in [4.69, 9.17) is 14.5 Å². The first kappa shape index (κ1) is 38.8. The van der Waals surface area contributed by atoms with E-state index in [0.717, 1.165) is 5.56 Å². The van der Waals surface area contributed by atoms with E-state index < -0.39 is 62.8 Å². The minimum atomic E-state index is -3.86. The normalized spacial score (nSPS) is 22.7. The minimum Gasteiger partial charge on any atom is -0.497 e. The van der Waals surface area contributed by atoms with Gasteiger partial charge in [-0.3, -0.25) is 19.1 Å². The molecule has 290 valence electrons. The summed E-state index contributed by atoms with van der Waals surface area (Å²) in [6.07, 6.45) is 1.86. The molecule has 1 unspecified atom stereocenters. The summed E-state index contributed by atoms with van der Waals surface area (Å²) in [5, 5.41) is 8.50. The number of likely N-dealkylation sites (tertiary alicyclic amines) is 1. The number of pyridine rings is 1. The van der Waals surface area contributed by atoms with Crippen molar-refractivity contribution in [2.45, 2.75) is 95.2 Å². The number of urea groups is 1. The number of amides is 5. The van der Waals surface area contributed by atoms with E-state index in [2.05, 4.69) is 20.7 Å². The van der Waals surface area contributed by atoms with Gasteiger partial charge in [-0.05, 0) is 49.7 Å². The predicted octanol–water partition coefficient (Wildman–Crippen LogP) is 3.89. The maximum Gasteiger partial charge on any atom is 0.315 e. The third-order valence-electron chi connectivity index (χ3n) is 10.5. The number of ether oxygens (including phenoxy) is 2. The number of fused-ring (bicyclic) bond motifs is 1. The van der Waals surface area contributed by atoms with Crippen LogP contribution in [0, 0.1) is 11.8 Å². The van der Waals surface area contributed by atoms with Gasteiger partial charge in [-0.25, -0.2) is 18.2 Å². The highest BCUT2D eigenvalue weighted by atomic mass is 32.2. The van der Waals surface area contributed by atoms with E-state index in [1.54, 1.807) is 27.0 Å². The third-order valence-corrected chi connectivity index (χ3v) is 12.3. The molecule has 5 atom stereocenters. The zero-order valence-electron chi connectivity index (χ0n) is 31.4. The lowest BCUT2D eigenvalue weighted by Crippen LogP contribution is -2.59. The Morgan fingerprint density at radius 1 is 1.04 bits per heavy atom. The molecule has 6 rings (SSSR count). The lowest BCUT2D eigenvalue weighted by Gasteiger charge is -2.31. The number of methoxy groups -OCH3 is 1. The SMILES string of the molecule is CCCNC(=O)N[C@H](C(=O)N1C[C@H](Oc2cc(-c3ccccc3)nc3cc(OC)ccc23)C[C@H]1C(=O)N[C@]1(C(=O)NS(=O)(=O)C2CC2)CC1CC)C(C)C. The molecule has 1 saturated heterocycles. The van der Waals surface area contributed by atoms with Crippen molar-refractivity contribution in [1.29, 1.82) is 0 Å². The van der Waals surface area contributed by atoms with Crippen LogP contribution in [-0.2, 0) is 24.4 Å². The molecule has 3 fully saturated rings. The first-order valence-electron chi connectivity index (χ1n) is 18.7. The van der Waals surface area contributed by atoms with Gasteiger partial charge in [0.05, 0.1) is 30.1 Å². The summed E-state index contributed by atoms with van der Waals surface area (Å²) >= 11 is 0. The van der Waals surface area contributed by atoms with Crippen LogP contribution in [0.15, 0.2) is 54.6 Å². The zero-order valence-corrected chi connectivity index (χ0v) is 32.2. The molecule has 0 bridgehead atoms. The number of hydrogen-bond donors (Lipinski definition) is 4. The van der Waals surface area contributed by atoms with Gasteiger partial charge in [0.2, 0.25) is 21.8 Å². The highest BCUT2D eigenvalue weighted by molar-refractivity contribution is 7.91. The Hall–Kier alpha value is -4.92. The van der Waals surface area contributed by atoms with Crippen LogP contribution in [0.25, 0.3) is 22.2 Å². The summed E-state index contributed by atoms with van der Waals surface area (Å²) in [6.45, 7) is 7.83. The van der Waals surface area contributed by atoms with Crippen LogP contribution in [0.2, 0.25) is 0 Å². The van der Waals surface area contributed by atoms with Gasteiger partial charge in [0.15, 0.2) is 0 Å². The Kier molecular flexibility index (Phi) is 11.4. The van der Waals surface area contributed by atoms with Crippen molar-refractivity contribution >= 4 is 44.7 Å². The number of nitrogens with zero attached hydrogens (tertiary/aromatic N) is 2. The summed E-state index contributed by atoms with van der Waals surface area (Å²) in [7, 11) is -2.29. The van der Waals surface area contributed by atoms with Crippen LogP contribution < -0.4 is 30.1 Å². The molecule has 2 saturated carbocycles. The maximum atomic E-state index is 14.4. The average Bonchev–Trinajstić information content (AvgIpc) is 4.09. The van der Waals surface area contributed by atoms with Gasteiger partial charge in [0.1, 0.15) is 35.2 Å². The number of nitrogens with one attached hydrogen (secondary N) is 4. The second-order valence-corrected chi connectivity index (χ2v) is 16.8. The van der Waals surface area contributed by atoms with Gasteiger partial charge in [-0.2, -0.15) is 0 Å². The van der Waals surface area contributed by atoms with Gasteiger partial charge in [-0.1, -0.05) is 64.4 Å². The Morgan fingerprint density at radius 2 is 1.78 bits per heavy atom. The zero-order chi connectivity index (χ0) is 38.8.